The Hall–Kier alpha value is -2.29. The van der Waals surface area contributed by atoms with E-state index in [1.54, 1.807) is 31.2 Å². The zero-order valence-corrected chi connectivity index (χ0v) is 11.8. The lowest BCUT2D eigenvalue weighted by Gasteiger charge is -2.26. The summed E-state index contributed by atoms with van der Waals surface area (Å²) in [6, 6.07) is 14.8. The minimum absolute atomic E-state index is 0.628. The summed E-state index contributed by atoms with van der Waals surface area (Å²) in [5.41, 5.74) is 7.92. The number of carboxylic acid groups (broad SMARTS) is 1. The van der Waals surface area contributed by atoms with Crippen LogP contribution in [0.4, 0.5) is 5.69 Å². The number of benzene rings is 2. The molecule has 0 amide bonds. The van der Waals surface area contributed by atoms with Crippen LogP contribution < -0.4 is 5.73 Å². The summed E-state index contributed by atoms with van der Waals surface area (Å²) in [4.78, 5) is 11.8. The van der Waals surface area contributed by atoms with Crippen molar-refractivity contribution in [3.05, 3.63) is 65.2 Å². The van der Waals surface area contributed by atoms with Gasteiger partial charge >= 0.3 is 5.97 Å². The molecule has 0 radical (unpaired) electrons. The van der Waals surface area contributed by atoms with Crippen molar-refractivity contribution in [1.82, 2.24) is 0 Å². The van der Waals surface area contributed by atoms with Crippen molar-refractivity contribution in [3.8, 4) is 0 Å². The van der Waals surface area contributed by atoms with Gasteiger partial charge in [0.1, 0.15) is 5.41 Å². The Bertz CT molecular complexity index is 602. The second-order valence-corrected chi connectivity index (χ2v) is 5.10. The molecule has 3 nitrogen and oxygen atoms in total. The molecular weight excluding hydrogens is 250 g/mol. The number of rotatable bonds is 4. The molecule has 0 aromatic heterocycles. The lowest BCUT2D eigenvalue weighted by atomic mass is 9.76. The van der Waals surface area contributed by atoms with E-state index < -0.39 is 11.4 Å². The fourth-order valence-electron chi connectivity index (χ4n) is 2.30. The number of anilines is 1. The smallest absolute Gasteiger partial charge is 0.318 e. The molecule has 0 bridgehead atoms. The van der Waals surface area contributed by atoms with Gasteiger partial charge in [-0.05, 0) is 42.2 Å². The van der Waals surface area contributed by atoms with Gasteiger partial charge in [-0.25, -0.2) is 0 Å². The van der Waals surface area contributed by atoms with Gasteiger partial charge in [0.25, 0.3) is 0 Å². The van der Waals surface area contributed by atoms with Crippen LogP contribution in [0.5, 0.6) is 0 Å². The summed E-state index contributed by atoms with van der Waals surface area (Å²) < 4.78 is 0. The van der Waals surface area contributed by atoms with Gasteiger partial charge in [0, 0.05) is 5.69 Å². The Morgan fingerprint density at radius 1 is 1.05 bits per heavy atom. The van der Waals surface area contributed by atoms with E-state index in [0.29, 0.717) is 5.69 Å². The highest BCUT2D eigenvalue weighted by atomic mass is 16.4. The average Bonchev–Trinajstić information content (AvgIpc) is 2.47. The normalized spacial score (nSPS) is 13.7. The summed E-state index contributed by atoms with van der Waals surface area (Å²) in [6.07, 6.45) is 0.936. The van der Waals surface area contributed by atoms with Crippen molar-refractivity contribution in [3.63, 3.8) is 0 Å². The quantitative estimate of drug-likeness (QED) is 0.838. The molecule has 0 aliphatic rings. The molecule has 0 aliphatic heterocycles. The van der Waals surface area contributed by atoms with E-state index in [-0.39, 0.29) is 0 Å². The maximum absolute atomic E-state index is 11.8. The minimum atomic E-state index is -1.07. The molecule has 1 unspecified atom stereocenters. The maximum atomic E-state index is 11.8. The predicted octanol–water partition coefficient (Wildman–Crippen LogP) is 3.22. The molecule has 0 heterocycles. The standard InChI is InChI=1S/C17H19NO2/c1-3-12-4-6-13(7-5-12)17(2,16(19)20)14-8-10-15(18)11-9-14/h4-11H,3,18H2,1-2H3,(H,19,20). The highest BCUT2D eigenvalue weighted by Crippen LogP contribution is 2.33. The van der Waals surface area contributed by atoms with Crippen molar-refractivity contribution in [2.75, 3.05) is 5.73 Å². The van der Waals surface area contributed by atoms with Crippen LogP contribution in [0.25, 0.3) is 0 Å². The third-order valence-corrected chi connectivity index (χ3v) is 3.86. The SMILES string of the molecule is CCc1ccc(C(C)(C(=O)O)c2ccc(N)cc2)cc1. The zero-order chi connectivity index (χ0) is 14.8. The van der Waals surface area contributed by atoms with Crippen molar-refractivity contribution >= 4 is 11.7 Å². The first-order valence-corrected chi connectivity index (χ1v) is 6.67. The predicted molar refractivity (Wildman–Crippen MR) is 80.8 cm³/mol. The van der Waals surface area contributed by atoms with Gasteiger partial charge in [-0.2, -0.15) is 0 Å². The van der Waals surface area contributed by atoms with E-state index in [0.717, 1.165) is 17.5 Å². The van der Waals surface area contributed by atoms with Gasteiger partial charge in [-0.15, -0.1) is 0 Å². The number of hydrogen-bond acceptors (Lipinski definition) is 2. The molecule has 2 rings (SSSR count). The molecular formula is C17H19NO2. The molecule has 2 aromatic rings. The third-order valence-electron chi connectivity index (χ3n) is 3.86. The van der Waals surface area contributed by atoms with Crippen LogP contribution in [-0.2, 0) is 16.6 Å². The summed E-state index contributed by atoms with van der Waals surface area (Å²) in [5.74, 6) is -0.869. The lowest BCUT2D eigenvalue weighted by Crippen LogP contribution is -2.33. The lowest BCUT2D eigenvalue weighted by molar-refractivity contribution is -0.141. The summed E-state index contributed by atoms with van der Waals surface area (Å²) in [7, 11) is 0. The first kappa shape index (κ1) is 14.1. The Balaban J connectivity index is 2.53. The molecule has 3 N–H and O–H groups in total. The van der Waals surface area contributed by atoms with E-state index in [1.807, 2.05) is 24.3 Å². The van der Waals surface area contributed by atoms with E-state index in [4.69, 9.17) is 5.73 Å². The number of aliphatic carboxylic acids is 1. The molecule has 3 heteroatoms. The first-order valence-electron chi connectivity index (χ1n) is 6.67. The Labute approximate surface area is 119 Å². The van der Waals surface area contributed by atoms with E-state index in [9.17, 15) is 9.90 Å². The Morgan fingerprint density at radius 3 is 1.90 bits per heavy atom. The van der Waals surface area contributed by atoms with Crippen LogP contribution in [0.3, 0.4) is 0 Å². The number of aryl methyl sites for hydroxylation is 1. The Kier molecular flexibility index (Phi) is 3.79. The monoisotopic (exact) mass is 269 g/mol. The molecule has 0 aliphatic carbocycles. The molecule has 0 saturated heterocycles. The van der Waals surface area contributed by atoms with E-state index in [2.05, 4.69) is 6.92 Å². The summed E-state index contributed by atoms with van der Waals surface area (Å²) >= 11 is 0. The minimum Gasteiger partial charge on any atom is -0.480 e. The molecule has 1 atom stereocenters. The maximum Gasteiger partial charge on any atom is 0.318 e. The molecule has 104 valence electrons. The molecule has 0 spiro atoms. The fourth-order valence-corrected chi connectivity index (χ4v) is 2.30. The van der Waals surface area contributed by atoms with Crippen molar-refractivity contribution in [2.24, 2.45) is 0 Å². The summed E-state index contributed by atoms with van der Waals surface area (Å²) in [5, 5.41) is 9.70. The van der Waals surface area contributed by atoms with Gasteiger partial charge in [-0.3, -0.25) is 4.79 Å². The highest BCUT2D eigenvalue weighted by Gasteiger charge is 2.37. The molecule has 2 aromatic carbocycles. The van der Waals surface area contributed by atoms with Gasteiger partial charge in [-0.1, -0.05) is 43.3 Å². The zero-order valence-electron chi connectivity index (χ0n) is 11.8. The topological polar surface area (TPSA) is 63.3 Å². The van der Waals surface area contributed by atoms with Gasteiger partial charge in [0.2, 0.25) is 0 Å². The fraction of sp³-hybridized carbons (Fsp3) is 0.235. The summed E-state index contributed by atoms with van der Waals surface area (Å²) in [6.45, 7) is 3.80. The number of hydrogen-bond donors (Lipinski definition) is 2. The van der Waals surface area contributed by atoms with Crippen molar-refractivity contribution in [2.45, 2.75) is 25.7 Å². The van der Waals surface area contributed by atoms with E-state index >= 15 is 0 Å². The van der Waals surface area contributed by atoms with Crippen LogP contribution in [0, 0.1) is 0 Å². The van der Waals surface area contributed by atoms with E-state index in [1.165, 1.54) is 5.56 Å². The highest BCUT2D eigenvalue weighted by molar-refractivity contribution is 5.85. The second-order valence-electron chi connectivity index (χ2n) is 5.10. The van der Waals surface area contributed by atoms with Crippen LogP contribution in [0.1, 0.15) is 30.5 Å². The Morgan fingerprint density at radius 2 is 1.50 bits per heavy atom. The third kappa shape index (κ3) is 2.39. The van der Waals surface area contributed by atoms with Crippen LogP contribution in [0.15, 0.2) is 48.5 Å². The van der Waals surface area contributed by atoms with Crippen LogP contribution in [0.2, 0.25) is 0 Å². The van der Waals surface area contributed by atoms with Crippen molar-refractivity contribution in [1.29, 1.82) is 0 Å². The molecule has 20 heavy (non-hydrogen) atoms. The number of nitrogens with two attached hydrogens (primary N) is 1. The van der Waals surface area contributed by atoms with Crippen molar-refractivity contribution < 1.29 is 9.90 Å². The van der Waals surface area contributed by atoms with Gasteiger partial charge in [0.05, 0.1) is 0 Å². The number of carbonyl (C=O) groups is 1. The second kappa shape index (κ2) is 5.37. The van der Waals surface area contributed by atoms with Crippen LogP contribution >= 0.6 is 0 Å². The van der Waals surface area contributed by atoms with Gasteiger partial charge < -0.3 is 10.8 Å². The average molecular weight is 269 g/mol. The van der Waals surface area contributed by atoms with Crippen LogP contribution in [-0.4, -0.2) is 11.1 Å². The largest absolute Gasteiger partial charge is 0.480 e. The number of carboxylic acids is 1. The van der Waals surface area contributed by atoms with Gasteiger partial charge in [0.15, 0.2) is 0 Å². The molecule has 0 fully saturated rings. The molecule has 0 saturated carbocycles. The number of nitrogen functional groups attached to an aromatic ring is 1. The first-order chi connectivity index (χ1) is 9.48.